The van der Waals surface area contributed by atoms with Crippen LogP contribution in [0.15, 0.2) is 9.98 Å². The van der Waals surface area contributed by atoms with Crippen molar-refractivity contribution in [2.75, 3.05) is 46.0 Å². The van der Waals surface area contributed by atoms with E-state index in [1.165, 1.54) is 6.92 Å². The highest BCUT2D eigenvalue weighted by molar-refractivity contribution is 6.01. The van der Waals surface area contributed by atoms with E-state index in [1.807, 2.05) is 10.6 Å². The van der Waals surface area contributed by atoms with Crippen LogP contribution in [0, 0.1) is 5.92 Å². The Morgan fingerprint density at radius 2 is 0.701 bits per heavy atom. The minimum atomic E-state index is -2.10. The van der Waals surface area contributed by atoms with Gasteiger partial charge in [-0.1, -0.05) is 13.8 Å². The number of aliphatic carboxylic acids is 3. The minimum absolute atomic E-state index is 0.0313. The number of nitrogens with one attached hydrogen (secondary N) is 15. The number of carbonyl (C=O) groups excluding carboxylic acids is 16. The lowest BCUT2D eigenvalue weighted by Gasteiger charge is -2.29. The Morgan fingerprint density at radius 3 is 1.15 bits per heavy atom. The monoisotopic (exact) mass is 1680 g/mol. The molecule has 0 aromatic rings. The van der Waals surface area contributed by atoms with E-state index in [2.05, 4.69) is 79.1 Å². The fraction of sp³-hybridized carbons (Fsp3) is 0.682. The first-order valence-electron chi connectivity index (χ1n) is 36.9. The summed E-state index contributed by atoms with van der Waals surface area (Å²) in [6.45, 7) is 4.44. The standard InChI is InChI=1S/C66H116N24O27/c1-28(2)22-39(85-61(113)41(25-91)86-52(104)31(5)78-54(106)36(14-11-21-75-66(72)73)81-53(105)34(68)12-10-20-74-65(70)71)58(110)84-37(15-17-44(69)96)56(108)87-42(26-92)60(112)82-35(13-8-9-19-67)55(107)83-38(16-18-46(98)99)57(109)89-49(33(7)95)63(115)90-48(32(6)94)62(114)79-30(4)51(103)77-29(3)50(102)76-24-45(97)80-40(23-47(100)101)59(111)88-43(27-93)64(116)117/h28-43,48-49,91-95H,8-27,67-68H2,1-7H3,(H2,69,96)(H,76,102)(H,77,103)(H,78,106)(H,79,114)(H,80,97)(H,81,105)(H,82,112)(H,83,107)(H,84,110)(H,85,113)(H,86,104)(H,87,108)(H,88,111)(H,89,109)(H,90,115)(H,98,99)(H,100,101)(H,116,117)(H4,70,71,74)(H4,72,73,75)/t29-,30-,31-,32+,33+,34-,35-,36-,37-,38-,39-,40-,41-,42-,43-,48-,49-/m0/s1. The van der Waals surface area contributed by atoms with Gasteiger partial charge in [-0.2, -0.15) is 0 Å². The molecular formula is C66H116N24O27. The van der Waals surface area contributed by atoms with E-state index < -0.39 is 280 Å². The van der Waals surface area contributed by atoms with Gasteiger partial charge < -0.3 is 161 Å². The molecule has 0 aromatic heterocycles. The van der Waals surface area contributed by atoms with Crippen molar-refractivity contribution in [3.05, 3.63) is 0 Å². The van der Waals surface area contributed by atoms with Crippen molar-refractivity contribution in [2.45, 2.75) is 235 Å². The van der Waals surface area contributed by atoms with E-state index >= 15 is 0 Å². The Morgan fingerprint density at radius 1 is 0.350 bits per heavy atom. The molecule has 51 heteroatoms. The molecule has 0 saturated carbocycles. The van der Waals surface area contributed by atoms with E-state index in [0.717, 1.165) is 27.7 Å². The number of hydrogen-bond acceptors (Lipinski definition) is 28. The summed E-state index contributed by atoms with van der Waals surface area (Å²) < 4.78 is 0. The number of carboxylic acid groups (broad SMARTS) is 3. The molecule has 0 bridgehead atoms. The van der Waals surface area contributed by atoms with E-state index in [4.69, 9.17) is 45.2 Å². The predicted octanol–water partition coefficient (Wildman–Crippen LogP) is -15.0. The molecule has 17 atom stereocenters. The van der Waals surface area contributed by atoms with Crippen molar-refractivity contribution in [3.8, 4) is 0 Å². The molecule has 662 valence electrons. The van der Waals surface area contributed by atoms with Crippen LogP contribution in [0.1, 0.15) is 132 Å². The van der Waals surface area contributed by atoms with Crippen LogP contribution in [0.3, 0.4) is 0 Å². The Balaban J connectivity index is 6.61. The molecule has 117 heavy (non-hydrogen) atoms. The number of guanidine groups is 2. The number of nitrogens with two attached hydrogens (primary N) is 7. The maximum absolute atomic E-state index is 14.2. The molecule has 0 aromatic carbocycles. The third-order valence-corrected chi connectivity index (χ3v) is 16.7. The van der Waals surface area contributed by atoms with E-state index in [1.54, 1.807) is 13.8 Å². The maximum atomic E-state index is 14.2. The van der Waals surface area contributed by atoms with Gasteiger partial charge in [0.05, 0.1) is 51.0 Å². The third-order valence-electron chi connectivity index (χ3n) is 16.7. The molecule has 0 aliphatic carbocycles. The van der Waals surface area contributed by atoms with Gasteiger partial charge in [-0.25, -0.2) is 4.79 Å². The van der Waals surface area contributed by atoms with E-state index in [-0.39, 0.29) is 76.5 Å². The average Bonchev–Trinajstić information content (AvgIpc) is 0.847. The van der Waals surface area contributed by atoms with Gasteiger partial charge in [-0.05, 0) is 111 Å². The number of primary amides is 1. The number of aliphatic hydroxyl groups is 5. The molecule has 16 amide bonds. The molecule has 0 heterocycles. The van der Waals surface area contributed by atoms with Gasteiger partial charge in [-0.3, -0.25) is 96.3 Å². The van der Waals surface area contributed by atoms with Gasteiger partial charge in [0.1, 0.15) is 84.6 Å². The van der Waals surface area contributed by atoms with Crippen molar-refractivity contribution >= 4 is 124 Å². The number of aliphatic imine (C=N–C) groups is 2. The molecule has 0 fully saturated rings. The lowest BCUT2D eigenvalue weighted by molar-refractivity contribution is -0.144. The second-order valence-electron chi connectivity index (χ2n) is 27.3. The summed E-state index contributed by atoms with van der Waals surface area (Å²) in [6, 6.07) is -25.8. The first-order chi connectivity index (χ1) is 54.6. The first kappa shape index (κ1) is 105. The number of carboxylic acids is 3. The first-order valence-corrected chi connectivity index (χ1v) is 36.9. The van der Waals surface area contributed by atoms with Crippen molar-refractivity contribution in [1.82, 2.24) is 79.8 Å². The summed E-state index contributed by atoms with van der Waals surface area (Å²) in [4.78, 5) is 257. The van der Waals surface area contributed by atoms with Crippen molar-refractivity contribution in [2.24, 2.45) is 56.0 Å². The molecule has 0 aliphatic heterocycles. The zero-order valence-electron chi connectivity index (χ0n) is 65.8. The summed E-state index contributed by atoms with van der Waals surface area (Å²) in [5.74, 6) is -24.2. The highest BCUT2D eigenvalue weighted by Crippen LogP contribution is 2.12. The van der Waals surface area contributed by atoms with Gasteiger partial charge in [0, 0.05) is 25.9 Å². The Hall–Kier alpha value is -11.8. The van der Waals surface area contributed by atoms with Gasteiger partial charge in [0.2, 0.25) is 94.5 Å². The molecule has 0 aliphatic rings. The Bertz CT molecular complexity index is 3470. The van der Waals surface area contributed by atoms with Crippen LogP contribution in [-0.2, 0) is 91.1 Å². The van der Waals surface area contributed by atoms with Crippen LogP contribution in [0.2, 0.25) is 0 Å². The number of hydrogen-bond donors (Lipinski definition) is 30. The summed E-state index contributed by atoms with van der Waals surface area (Å²) in [5.41, 5.74) is 38.6. The quantitative estimate of drug-likeness (QED) is 0.0153. The second kappa shape index (κ2) is 54.9. The lowest BCUT2D eigenvalue weighted by Crippen LogP contribution is -2.63. The summed E-state index contributed by atoms with van der Waals surface area (Å²) in [6.07, 6.45) is -7.39. The molecule has 51 nitrogen and oxygen atoms in total. The maximum Gasteiger partial charge on any atom is 0.328 e. The number of nitrogens with zero attached hydrogens (tertiary/aromatic N) is 2. The molecule has 0 spiro atoms. The predicted molar refractivity (Wildman–Crippen MR) is 407 cm³/mol. The normalized spacial score (nSPS) is 15.3. The molecule has 0 rings (SSSR count). The fourth-order valence-electron chi connectivity index (χ4n) is 10.2. The summed E-state index contributed by atoms with van der Waals surface area (Å²) >= 11 is 0. The number of carbonyl (C=O) groups is 19. The van der Waals surface area contributed by atoms with Gasteiger partial charge in [0.25, 0.3) is 0 Å². The largest absolute Gasteiger partial charge is 0.481 e. The molecule has 0 unspecified atom stereocenters. The van der Waals surface area contributed by atoms with Crippen LogP contribution in [0.4, 0.5) is 0 Å². The number of rotatable bonds is 58. The zero-order chi connectivity index (χ0) is 89.7. The topological polar surface area (TPSA) is 873 Å². The zero-order valence-corrected chi connectivity index (χ0v) is 65.8. The number of amides is 16. The SMILES string of the molecule is CC(C)C[C@H](NC(=O)[C@H](CO)NC(=O)[C@H](C)NC(=O)[C@H](CCCN=C(N)N)NC(=O)[C@@H](N)CCCN=C(N)N)C(=O)N[C@@H](CCC(N)=O)C(=O)N[C@@H](CO)C(=O)N[C@@H](CCCCN)C(=O)N[C@@H](CCC(=O)O)C(=O)N[C@H](C(=O)N[C@H](C(=O)N[C@@H](C)C(=O)N[C@@H](C)C(=O)NCC(=O)N[C@@H](CC(=O)O)C(=O)N[C@@H](CO)C(=O)O)[C@@H](C)O)[C@@H](C)O. The van der Waals surface area contributed by atoms with Gasteiger partial charge in [0.15, 0.2) is 11.9 Å². The van der Waals surface area contributed by atoms with Crippen LogP contribution < -0.4 is 120 Å². The molecule has 37 N–H and O–H groups in total. The smallest absolute Gasteiger partial charge is 0.328 e. The van der Waals surface area contributed by atoms with E-state index in [9.17, 15) is 127 Å². The van der Waals surface area contributed by atoms with Crippen molar-refractivity contribution < 1.29 is 132 Å². The minimum Gasteiger partial charge on any atom is -0.481 e. The molecule has 0 saturated heterocycles. The number of unbranched alkanes of at least 4 members (excludes halogenated alkanes) is 1. The van der Waals surface area contributed by atoms with Gasteiger partial charge in [-0.15, -0.1) is 0 Å². The highest BCUT2D eigenvalue weighted by atomic mass is 16.4. The van der Waals surface area contributed by atoms with Crippen LogP contribution in [0.5, 0.6) is 0 Å². The molecule has 0 radical (unpaired) electrons. The van der Waals surface area contributed by atoms with Crippen LogP contribution >= 0.6 is 0 Å². The highest BCUT2D eigenvalue weighted by Gasteiger charge is 2.39. The Kier molecular flexibility index (Phi) is 49.3. The lowest BCUT2D eigenvalue weighted by atomic mass is 10.0. The number of aliphatic hydroxyl groups excluding tert-OH is 5. The van der Waals surface area contributed by atoms with Crippen LogP contribution in [-0.4, -0.2) is 314 Å². The average molecular weight is 1680 g/mol. The molecular weight excluding hydrogens is 1560 g/mol. The van der Waals surface area contributed by atoms with Crippen molar-refractivity contribution in [1.29, 1.82) is 0 Å². The third kappa shape index (κ3) is 42.4. The van der Waals surface area contributed by atoms with E-state index in [0.29, 0.717) is 6.42 Å². The Labute approximate surface area is 670 Å². The second-order valence-corrected chi connectivity index (χ2v) is 27.3. The summed E-state index contributed by atoms with van der Waals surface area (Å²) in [5, 5.41) is 113. The van der Waals surface area contributed by atoms with Gasteiger partial charge >= 0.3 is 17.9 Å². The fourth-order valence-corrected chi connectivity index (χ4v) is 10.2. The van der Waals surface area contributed by atoms with Crippen molar-refractivity contribution in [3.63, 3.8) is 0 Å². The summed E-state index contributed by atoms with van der Waals surface area (Å²) in [7, 11) is 0. The van der Waals surface area contributed by atoms with Crippen LogP contribution in [0.25, 0.3) is 0 Å².